The Labute approximate surface area is 120 Å². The van der Waals surface area contributed by atoms with Crippen LogP contribution in [0.3, 0.4) is 0 Å². The van der Waals surface area contributed by atoms with Gasteiger partial charge in [-0.05, 0) is 36.1 Å². The zero-order chi connectivity index (χ0) is 15.1. The van der Waals surface area contributed by atoms with E-state index in [9.17, 15) is 9.59 Å². The zero-order valence-corrected chi connectivity index (χ0v) is 12.6. The maximum atomic E-state index is 11.9. The van der Waals surface area contributed by atoms with Crippen LogP contribution in [-0.4, -0.2) is 26.2 Å². The lowest BCUT2D eigenvalue weighted by molar-refractivity contribution is 0.0584. The van der Waals surface area contributed by atoms with Crippen LogP contribution in [0.2, 0.25) is 0 Å². The fourth-order valence-electron chi connectivity index (χ4n) is 2.24. The minimum absolute atomic E-state index is 0.359. The van der Waals surface area contributed by atoms with Crippen molar-refractivity contribution in [3.8, 4) is 0 Å². The first-order valence-corrected chi connectivity index (χ1v) is 6.91. The quantitative estimate of drug-likeness (QED) is 0.750. The highest BCUT2D eigenvalue weighted by Gasteiger charge is 2.19. The normalized spacial score (nSPS) is 10.2. The van der Waals surface area contributed by atoms with Gasteiger partial charge in [0.05, 0.1) is 25.3 Å². The van der Waals surface area contributed by atoms with Gasteiger partial charge in [-0.15, -0.1) is 0 Å². The number of carbonyl (C=O) groups excluding carboxylic acids is 2. The van der Waals surface area contributed by atoms with E-state index in [0.29, 0.717) is 11.1 Å². The van der Waals surface area contributed by atoms with Gasteiger partial charge < -0.3 is 9.47 Å². The van der Waals surface area contributed by atoms with E-state index >= 15 is 0 Å². The van der Waals surface area contributed by atoms with Crippen LogP contribution in [0.5, 0.6) is 0 Å². The summed E-state index contributed by atoms with van der Waals surface area (Å²) in [5.41, 5.74) is 2.76. The lowest BCUT2D eigenvalue weighted by Gasteiger charge is -2.13. The molecule has 0 bridgehead atoms. The van der Waals surface area contributed by atoms with Gasteiger partial charge >= 0.3 is 11.9 Å². The molecule has 0 fully saturated rings. The third-order valence-corrected chi connectivity index (χ3v) is 3.18. The molecular formula is C16H22O4. The monoisotopic (exact) mass is 278 g/mol. The van der Waals surface area contributed by atoms with Crippen molar-refractivity contribution in [1.82, 2.24) is 0 Å². The number of hydrogen-bond donors (Lipinski definition) is 0. The Morgan fingerprint density at radius 1 is 0.850 bits per heavy atom. The largest absolute Gasteiger partial charge is 0.465 e. The average Bonchev–Trinajstić information content (AvgIpc) is 2.47. The molecule has 0 saturated heterocycles. The molecule has 0 aromatic heterocycles. The first kappa shape index (κ1) is 16.2. The van der Waals surface area contributed by atoms with E-state index in [0.717, 1.165) is 36.8 Å². The third-order valence-electron chi connectivity index (χ3n) is 3.18. The summed E-state index contributed by atoms with van der Waals surface area (Å²) in [7, 11) is 2.73. The molecule has 4 heteroatoms. The van der Waals surface area contributed by atoms with Crippen LogP contribution in [0, 0.1) is 0 Å². The van der Waals surface area contributed by atoms with Gasteiger partial charge in [-0.25, -0.2) is 9.59 Å². The number of ether oxygens (including phenoxy) is 2. The lowest BCUT2D eigenvalue weighted by atomic mass is 9.93. The van der Waals surface area contributed by atoms with E-state index in [-0.39, 0.29) is 11.9 Å². The predicted molar refractivity (Wildman–Crippen MR) is 77.1 cm³/mol. The molecule has 0 N–H and O–H groups in total. The van der Waals surface area contributed by atoms with Crippen molar-refractivity contribution in [2.24, 2.45) is 0 Å². The molecule has 0 radical (unpaired) electrons. The number of carbonyl (C=O) groups is 2. The molecule has 1 rings (SSSR count). The molecule has 0 aliphatic heterocycles. The van der Waals surface area contributed by atoms with Crippen molar-refractivity contribution < 1.29 is 19.1 Å². The minimum atomic E-state index is -0.359. The maximum Gasteiger partial charge on any atom is 0.338 e. The third kappa shape index (κ3) is 3.59. The molecular weight excluding hydrogens is 256 g/mol. The summed E-state index contributed by atoms with van der Waals surface area (Å²) in [6, 6.07) is 3.54. The summed E-state index contributed by atoms with van der Waals surface area (Å²) in [5.74, 6) is -0.718. The van der Waals surface area contributed by atoms with Crippen LogP contribution in [0.25, 0.3) is 0 Å². The topological polar surface area (TPSA) is 52.6 Å². The van der Waals surface area contributed by atoms with E-state index in [1.54, 1.807) is 12.1 Å². The standard InChI is InChI=1S/C16H22O4/c1-5-7-11-9-14(16(18)20-4)12(8-6-2)10-13(11)15(17)19-3/h9-10H,5-8H2,1-4H3. The first-order chi connectivity index (χ1) is 9.58. The van der Waals surface area contributed by atoms with Crippen molar-refractivity contribution in [3.63, 3.8) is 0 Å². The smallest absolute Gasteiger partial charge is 0.338 e. The molecule has 1 aromatic rings. The Balaban J connectivity index is 3.41. The van der Waals surface area contributed by atoms with Gasteiger partial charge in [0, 0.05) is 0 Å². The highest BCUT2D eigenvalue weighted by atomic mass is 16.5. The number of esters is 2. The Morgan fingerprint density at radius 3 is 1.45 bits per heavy atom. The van der Waals surface area contributed by atoms with Gasteiger partial charge in [0.1, 0.15) is 0 Å². The predicted octanol–water partition coefficient (Wildman–Crippen LogP) is 3.16. The van der Waals surface area contributed by atoms with E-state index in [4.69, 9.17) is 9.47 Å². The van der Waals surface area contributed by atoms with Gasteiger partial charge in [-0.1, -0.05) is 26.7 Å². The van der Waals surface area contributed by atoms with Crippen LogP contribution in [0.4, 0.5) is 0 Å². The highest BCUT2D eigenvalue weighted by molar-refractivity contribution is 5.96. The lowest BCUT2D eigenvalue weighted by Crippen LogP contribution is -2.12. The van der Waals surface area contributed by atoms with Gasteiger partial charge in [-0.3, -0.25) is 0 Å². The summed E-state index contributed by atoms with van der Waals surface area (Å²) >= 11 is 0. The van der Waals surface area contributed by atoms with Crippen molar-refractivity contribution >= 4 is 11.9 Å². The molecule has 0 aliphatic rings. The molecule has 4 nitrogen and oxygen atoms in total. The molecule has 0 saturated carbocycles. The molecule has 110 valence electrons. The van der Waals surface area contributed by atoms with E-state index in [1.807, 2.05) is 13.8 Å². The molecule has 0 heterocycles. The van der Waals surface area contributed by atoms with Gasteiger partial charge in [0.25, 0.3) is 0 Å². The minimum Gasteiger partial charge on any atom is -0.465 e. The second-order valence-electron chi connectivity index (χ2n) is 4.65. The van der Waals surface area contributed by atoms with Crippen molar-refractivity contribution in [1.29, 1.82) is 0 Å². The van der Waals surface area contributed by atoms with Crippen molar-refractivity contribution in [3.05, 3.63) is 34.4 Å². The van der Waals surface area contributed by atoms with E-state index in [1.165, 1.54) is 14.2 Å². The Hall–Kier alpha value is -1.84. The number of methoxy groups -OCH3 is 2. The second kappa shape index (κ2) is 7.68. The Morgan fingerprint density at radius 2 is 1.20 bits per heavy atom. The van der Waals surface area contributed by atoms with Crippen LogP contribution in [-0.2, 0) is 22.3 Å². The molecule has 0 spiro atoms. The van der Waals surface area contributed by atoms with Crippen LogP contribution in [0.1, 0.15) is 58.5 Å². The zero-order valence-electron chi connectivity index (χ0n) is 12.6. The molecule has 1 aromatic carbocycles. The fourth-order valence-corrected chi connectivity index (χ4v) is 2.24. The summed E-state index contributed by atoms with van der Waals surface area (Å²) in [6.07, 6.45) is 3.22. The summed E-state index contributed by atoms with van der Waals surface area (Å²) in [5, 5.41) is 0. The Kier molecular flexibility index (Phi) is 6.22. The van der Waals surface area contributed by atoms with E-state index in [2.05, 4.69) is 0 Å². The molecule has 0 unspecified atom stereocenters. The second-order valence-corrected chi connectivity index (χ2v) is 4.65. The highest BCUT2D eigenvalue weighted by Crippen LogP contribution is 2.22. The SMILES string of the molecule is CCCc1cc(C(=O)OC)c(CCC)cc1C(=O)OC. The summed E-state index contributed by atoms with van der Waals surface area (Å²) < 4.78 is 9.66. The number of rotatable bonds is 6. The van der Waals surface area contributed by atoms with E-state index < -0.39 is 0 Å². The fraction of sp³-hybridized carbons (Fsp3) is 0.500. The van der Waals surface area contributed by atoms with Crippen LogP contribution < -0.4 is 0 Å². The number of benzene rings is 1. The molecule has 0 atom stereocenters. The van der Waals surface area contributed by atoms with Crippen LogP contribution >= 0.6 is 0 Å². The number of aryl methyl sites for hydroxylation is 2. The van der Waals surface area contributed by atoms with Gasteiger partial charge in [-0.2, -0.15) is 0 Å². The molecule has 0 aliphatic carbocycles. The molecule has 20 heavy (non-hydrogen) atoms. The Bertz CT molecular complexity index is 446. The summed E-state index contributed by atoms with van der Waals surface area (Å²) in [6.45, 7) is 4.05. The van der Waals surface area contributed by atoms with Crippen molar-refractivity contribution in [2.45, 2.75) is 39.5 Å². The maximum absolute atomic E-state index is 11.9. The van der Waals surface area contributed by atoms with Crippen molar-refractivity contribution in [2.75, 3.05) is 14.2 Å². The number of hydrogen-bond acceptors (Lipinski definition) is 4. The first-order valence-electron chi connectivity index (χ1n) is 6.91. The summed E-state index contributed by atoms with van der Waals surface area (Å²) in [4.78, 5) is 23.8. The van der Waals surface area contributed by atoms with Gasteiger partial charge in [0.2, 0.25) is 0 Å². The van der Waals surface area contributed by atoms with Crippen LogP contribution in [0.15, 0.2) is 12.1 Å². The van der Waals surface area contributed by atoms with Gasteiger partial charge in [0.15, 0.2) is 0 Å². The molecule has 0 amide bonds. The average molecular weight is 278 g/mol.